The van der Waals surface area contributed by atoms with Crippen LogP contribution in [0.4, 0.5) is 19.3 Å². The third-order valence-electron chi connectivity index (χ3n) is 9.53. The number of carbonyl (C=O) groups is 3. The van der Waals surface area contributed by atoms with Crippen LogP contribution in [0.25, 0.3) is 0 Å². The maximum atomic E-state index is 13.8. The van der Waals surface area contributed by atoms with Crippen LogP contribution in [0.15, 0.2) is 51.9 Å². The zero-order chi connectivity index (χ0) is 39.8. The SMILES string of the molecule is CO[C@H]1[C@@H](O)[C@H](n2ccc(=O)n(C(C)OC(=O)OC3CCCCC3)c2=O)O[C@@H]1[C@@H](O[C@H]1OC(C(=O)Nc2ccc(F)c(F)c2)=C[C@@H]2OC(C)(C)O[C@H]12)C(N)=O. The second-order valence-electron chi connectivity index (χ2n) is 13.9. The van der Waals surface area contributed by atoms with Gasteiger partial charge in [0.1, 0.15) is 30.5 Å². The molecule has 2 amide bonds. The van der Waals surface area contributed by atoms with Gasteiger partial charge in [-0.05, 0) is 64.7 Å². The molecule has 2 aromatic rings. The quantitative estimate of drug-likeness (QED) is 0.277. The average molecular weight is 781 g/mol. The number of nitrogens with one attached hydrogen (secondary N) is 1. The van der Waals surface area contributed by atoms with Gasteiger partial charge in [0.2, 0.25) is 12.2 Å². The average Bonchev–Trinajstić information content (AvgIpc) is 3.62. The van der Waals surface area contributed by atoms with Gasteiger partial charge in [0.25, 0.3) is 11.5 Å². The summed E-state index contributed by atoms with van der Waals surface area (Å²) in [5.41, 5.74) is 3.78. The minimum atomic E-state index is -1.81. The number of primary amides is 1. The van der Waals surface area contributed by atoms with Gasteiger partial charge in [-0.3, -0.25) is 19.0 Å². The van der Waals surface area contributed by atoms with Crippen LogP contribution < -0.4 is 22.3 Å². The summed E-state index contributed by atoms with van der Waals surface area (Å²) < 4.78 is 74.6. The fourth-order valence-corrected chi connectivity index (χ4v) is 6.99. The Morgan fingerprint density at radius 3 is 2.47 bits per heavy atom. The highest BCUT2D eigenvalue weighted by Crippen LogP contribution is 2.39. The highest BCUT2D eigenvalue weighted by atomic mass is 19.2. The van der Waals surface area contributed by atoms with Gasteiger partial charge in [-0.1, -0.05) is 6.42 Å². The molecule has 1 saturated carbocycles. The van der Waals surface area contributed by atoms with Gasteiger partial charge < -0.3 is 54.1 Å². The molecule has 55 heavy (non-hydrogen) atoms. The monoisotopic (exact) mass is 780 g/mol. The van der Waals surface area contributed by atoms with Crippen molar-refractivity contribution >= 4 is 23.7 Å². The van der Waals surface area contributed by atoms with E-state index in [1.54, 1.807) is 13.8 Å². The molecule has 300 valence electrons. The van der Waals surface area contributed by atoms with Gasteiger partial charge in [-0.15, -0.1) is 0 Å². The first-order valence-electron chi connectivity index (χ1n) is 17.6. The number of rotatable bonds is 11. The summed E-state index contributed by atoms with van der Waals surface area (Å²) >= 11 is 0. The second kappa shape index (κ2) is 16.2. The molecule has 1 aromatic carbocycles. The number of hydrogen-bond donors (Lipinski definition) is 3. The molecule has 6 rings (SSSR count). The van der Waals surface area contributed by atoms with Crippen LogP contribution in [-0.2, 0) is 47.5 Å². The van der Waals surface area contributed by atoms with E-state index in [1.165, 1.54) is 20.1 Å². The van der Waals surface area contributed by atoms with Crippen LogP contribution in [0, 0.1) is 11.6 Å². The number of nitrogens with zero attached hydrogens (tertiary/aromatic N) is 2. The summed E-state index contributed by atoms with van der Waals surface area (Å²) in [6.45, 7) is 4.44. The lowest BCUT2D eigenvalue weighted by Gasteiger charge is -2.34. The Morgan fingerprint density at radius 1 is 1.07 bits per heavy atom. The third-order valence-corrected chi connectivity index (χ3v) is 9.53. The number of amides is 2. The molecule has 3 fully saturated rings. The number of aliphatic hydroxyl groups is 1. The Bertz CT molecular complexity index is 1930. The van der Waals surface area contributed by atoms with E-state index in [0.29, 0.717) is 17.4 Å². The lowest BCUT2D eigenvalue weighted by atomic mass is 9.98. The summed E-state index contributed by atoms with van der Waals surface area (Å²) in [7, 11) is 1.19. The van der Waals surface area contributed by atoms with Crippen molar-refractivity contribution in [1.82, 2.24) is 9.13 Å². The summed E-state index contributed by atoms with van der Waals surface area (Å²) in [5, 5.41) is 13.7. The first kappa shape index (κ1) is 39.9. The smallest absolute Gasteiger partial charge is 0.456 e. The first-order chi connectivity index (χ1) is 26.1. The normalized spacial score (nSPS) is 28.6. The van der Waals surface area contributed by atoms with Gasteiger partial charge in [0.15, 0.2) is 47.8 Å². The van der Waals surface area contributed by atoms with E-state index in [0.717, 1.165) is 54.3 Å². The fourth-order valence-electron chi connectivity index (χ4n) is 6.99. The van der Waals surface area contributed by atoms with E-state index < -0.39 is 108 Å². The largest absolute Gasteiger partial charge is 0.510 e. The van der Waals surface area contributed by atoms with Gasteiger partial charge >= 0.3 is 11.8 Å². The Morgan fingerprint density at radius 2 is 1.80 bits per heavy atom. The van der Waals surface area contributed by atoms with Crippen LogP contribution in [0.5, 0.6) is 0 Å². The molecule has 0 bridgehead atoms. The van der Waals surface area contributed by atoms with Crippen molar-refractivity contribution in [2.45, 2.75) is 120 Å². The lowest BCUT2D eigenvalue weighted by Crippen LogP contribution is -2.53. The molecule has 1 unspecified atom stereocenters. The van der Waals surface area contributed by atoms with Crippen LogP contribution in [0.3, 0.4) is 0 Å². The molecule has 4 aliphatic rings. The summed E-state index contributed by atoms with van der Waals surface area (Å²) in [6, 6.07) is 3.68. The van der Waals surface area contributed by atoms with E-state index in [9.17, 15) is 37.9 Å². The van der Waals surface area contributed by atoms with Crippen molar-refractivity contribution in [2.75, 3.05) is 12.4 Å². The molecule has 4 heterocycles. The number of anilines is 1. The highest BCUT2D eigenvalue weighted by molar-refractivity contribution is 6.02. The topological polar surface area (TPSA) is 227 Å². The fraction of sp³-hybridized carbons (Fsp3) is 0.571. The zero-order valence-electron chi connectivity index (χ0n) is 30.3. The molecule has 9 atom stereocenters. The first-order valence-corrected chi connectivity index (χ1v) is 17.6. The standard InChI is InChI=1S/C35H42F2N4O14/c1-16(49-34(47)50-18-8-6-5-7-9-18)41-23(42)12-13-40(33(41)46)31-24(43)26(48-4)27(52-31)28(29(38)44)53-32-25-21(54-35(2,3)55-25)15-22(51-32)30(45)39-17-10-11-19(36)20(37)14-17/h10-16,18,21,24-28,31-32,43H,5-9H2,1-4H3,(H2,38,44)(H,39,45)/t16?,21-,24+,25-,26-,27-,28+,31+,32+/m0/s1. The van der Waals surface area contributed by atoms with E-state index in [2.05, 4.69) is 5.32 Å². The molecular weight excluding hydrogens is 738 g/mol. The number of fused-ring (bicyclic) bond motifs is 1. The molecule has 18 nitrogen and oxygen atoms in total. The minimum Gasteiger partial charge on any atom is -0.456 e. The predicted molar refractivity (Wildman–Crippen MR) is 181 cm³/mol. The number of nitrogens with two attached hydrogens (primary N) is 1. The van der Waals surface area contributed by atoms with E-state index in [1.807, 2.05) is 0 Å². The van der Waals surface area contributed by atoms with Crippen molar-refractivity contribution in [2.24, 2.45) is 5.73 Å². The lowest BCUT2D eigenvalue weighted by molar-refractivity contribution is -0.241. The van der Waals surface area contributed by atoms with Gasteiger partial charge in [-0.2, -0.15) is 0 Å². The molecule has 0 radical (unpaired) electrons. The number of aromatic nitrogens is 2. The molecule has 0 spiro atoms. The van der Waals surface area contributed by atoms with Crippen molar-refractivity contribution in [3.05, 3.63) is 74.8 Å². The summed E-state index contributed by atoms with van der Waals surface area (Å²) in [5.74, 6) is -6.03. The zero-order valence-corrected chi connectivity index (χ0v) is 30.3. The van der Waals surface area contributed by atoms with Crippen molar-refractivity contribution < 1.29 is 66.2 Å². The van der Waals surface area contributed by atoms with Crippen LogP contribution in [0.1, 0.15) is 65.3 Å². The van der Waals surface area contributed by atoms with Crippen LogP contribution in [-0.4, -0.2) is 94.1 Å². The molecule has 4 N–H and O–H groups in total. The number of ether oxygens (including phenoxy) is 8. The molecule has 1 aliphatic carbocycles. The minimum absolute atomic E-state index is 0.101. The number of carbonyl (C=O) groups excluding carboxylic acids is 3. The molecule has 2 saturated heterocycles. The Labute approximate surface area is 311 Å². The number of aliphatic hydroxyl groups excluding tert-OH is 1. The Kier molecular flexibility index (Phi) is 11.7. The number of methoxy groups -OCH3 is 1. The van der Waals surface area contributed by atoms with Crippen molar-refractivity contribution in [3.8, 4) is 0 Å². The van der Waals surface area contributed by atoms with Gasteiger partial charge in [0.05, 0.1) is 0 Å². The predicted octanol–water partition coefficient (Wildman–Crippen LogP) is 1.84. The third kappa shape index (κ3) is 8.58. The van der Waals surface area contributed by atoms with E-state index >= 15 is 0 Å². The van der Waals surface area contributed by atoms with Gasteiger partial charge in [0, 0.05) is 31.1 Å². The summed E-state index contributed by atoms with van der Waals surface area (Å²) in [4.78, 5) is 65.3. The molecule has 1 aromatic heterocycles. The number of halogens is 2. The Hall–Kier alpha value is -4.73. The highest BCUT2D eigenvalue weighted by Gasteiger charge is 2.55. The van der Waals surface area contributed by atoms with E-state index in [4.69, 9.17) is 43.6 Å². The Balaban J connectivity index is 1.22. The van der Waals surface area contributed by atoms with Crippen molar-refractivity contribution in [3.63, 3.8) is 0 Å². The number of benzene rings is 1. The van der Waals surface area contributed by atoms with Crippen LogP contribution in [0.2, 0.25) is 0 Å². The van der Waals surface area contributed by atoms with Crippen molar-refractivity contribution in [1.29, 1.82) is 0 Å². The molecule has 20 heteroatoms. The van der Waals surface area contributed by atoms with Gasteiger partial charge in [-0.25, -0.2) is 22.9 Å². The maximum Gasteiger partial charge on any atom is 0.510 e. The second-order valence-corrected chi connectivity index (χ2v) is 13.9. The number of hydrogen-bond acceptors (Lipinski definition) is 14. The maximum absolute atomic E-state index is 13.8. The summed E-state index contributed by atoms with van der Waals surface area (Å²) in [6.07, 6.45) is -8.13. The van der Waals surface area contributed by atoms with E-state index in [-0.39, 0.29) is 11.8 Å². The molecule has 3 aliphatic heterocycles. The molecular formula is C35H42F2N4O14. The van der Waals surface area contributed by atoms with Crippen LogP contribution >= 0.6 is 0 Å².